The SMILES string of the molecule is COc1cc(OC)cc(-c2ccc(C3=CC(C4=CC=CCN4)NC(C4C=CC=CN4)=C3)cc2)c1. The molecule has 34 heavy (non-hydrogen) atoms. The van der Waals surface area contributed by atoms with Crippen molar-refractivity contribution < 1.29 is 9.47 Å². The molecule has 0 bridgehead atoms. The Hall–Kier alpha value is -4.12. The number of allylic oxidation sites excluding steroid dienone is 6. The first-order valence-electron chi connectivity index (χ1n) is 11.5. The Balaban J connectivity index is 1.47. The highest BCUT2D eigenvalue weighted by Gasteiger charge is 2.23. The number of dihydropyridines is 3. The van der Waals surface area contributed by atoms with Gasteiger partial charge in [0, 0.05) is 24.0 Å². The van der Waals surface area contributed by atoms with Gasteiger partial charge in [0.1, 0.15) is 11.5 Å². The lowest BCUT2D eigenvalue weighted by molar-refractivity contribution is 0.394. The minimum absolute atomic E-state index is 0.0726. The second-order valence-corrected chi connectivity index (χ2v) is 8.34. The van der Waals surface area contributed by atoms with Crippen LogP contribution in [0.25, 0.3) is 16.7 Å². The zero-order chi connectivity index (χ0) is 23.3. The summed E-state index contributed by atoms with van der Waals surface area (Å²) >= 11 is 0. The fourth-order valence-electron chi connectivity index (χ4n) is 4.34. The number of hydrogen-bond acceptors (Lipinski definition) is 5. The highest BCUT2D eigenvalue weighted by atomic mass is 16.5. The molecule has 2 aromatic rings. The molecule has 0 fully saturated rings. The number of benzene rings is 2. The number of nitrogens with one attached hydrogen (secondary N) is 3. The topological polar surface area (TPSA) is 54.6 Å². The Morgan fingerprint density at radius 2 is 1.56 bits per heavy atom. The molecule has 3 aliphatic heterocycles. The average molecular weight is 452 g/mol. The highest BCUT2D eigenvalue weighted by molar-refractivity contribution is 5.79. The molecule has 3 N–H and O–H groups in total. The minimum Gasteiger partial charge on any atom is -0.497 e. The third kappa shape index (κ3) is 4.64. The molecule has 0 aliphatic carbocycles. The Labute approximate surface area is 200 Å². The van der Waals surface area contributed by atoms with Crippen LogP contribution in [0.4, 0.5) is 0 Å². The van der Waals surface area contributed by atoms with E-state index in [1.807, 2.05) is 30.5 Å². The fraction of sp³-hybridized carbons (Fsp3) is 0.172. The van der Waals surface area contributed by atoms with Crippen molar-refractivity contribution in [2.45, 2.75) is 12.1 Å². The van der Waals surface area contributed by atoms with E-state index in [0.717, 1.165) is 34.9 Å². The van der Waals surface area contributed by atoms with Crippen molar-refractivity contribution >= 4 is 5.57 Å². The van der Waals surface area contributed by atoms with Crippen molar-refractivity contribution in [2.75, 3.05) is 20.8 Å². The van der Waals surface area contributed by atoms with E-state index in [1.54, 1.807) is 14.2 Å². The molecule has 0 saturated carbocycles. The first kappa shape index (κ1) is 21.7. The van der Waals surface area contributed by atoms with Gasteiger partial charge in [-0.05, 0) is 64.9 Å². The van der Waals surface area contributed by atoms with Gasteiger partial charge in [0.15, 0.2) is 0 Å². The van der Waals surface area contributed by atoms with Crippen LogP contribution in [0, 0.1) is 0 Å². The molecular formula is C29H29N3O2. The average Bonchev–Trinajstić information content (AvgIpc) is 2.93. The van der Waals surface area contributed by atoms with Gasteiger partial charge in [0.2, 0.25) is 0 Å². The predicted octanol–water partition coefficient (Wildman–Crippen LogP) is 4.69. The zero-order valence-electron chi connectivity index (χ0n) is 19.4. The molecule has 2 atom stereocenters. The molecule has 0 radical (unpaired) electrons. The van der Waals surface area contributed by atoms with Gasteiger partial charge in [-0.3, -0.25) is 0 Å². The molecule has 5 heteroatoms. The van der Waals surface area contributed by atoms with Crippen LogP contribution in [0.3, 0.4) is 0 Å². The van der Waals surface area contributed by atoms with Crippen LogP contribution in [-0.2, 0) is 0 Å². The minimum atomic E-state index is 0.0726. The largest absolute Gasteiger partial charge is 0.497 e. The van der Waals surface area contributed by atoms with Crippen molar-refractivity contribution in [1.82, 2.24) is 16.0 Å². The van der Waals surface area contributed by atoms with Gasteiger partial charge in [0.25, 0.3) is 0 Å². The monoisotopic (exact) mass is 451 g/mol. The van der Waals surface area contributed by atoms with Crippen LogP contribution in [0.2, 0.25) is 0 Å². The molecule has 0 amide bonds. The Bertz CT molecular complexity index is 1210. The van der Waals surface area contributed by atoms with Crippen molar-refractivity contribution in [1.29, 1.82) is 0 Å². The lowest BCUT2D eigenvalue weighted by atomic mass is 9.93. The molecule has 3 heterocycles. The Kier molecular flexibility index (Phi) is 6.25. The molecule has 0 aromatic heterocycles. The van der Waals surface area contributed by atoms with Crippen LogP contribution in [0.15, 0.2) is 109 Å². The maximum atomic E-state index is 5.44. The first-order valence-corrected chi connectivity index (χ1v) is 11.5. The van der Waals surface area contributed by atoms with Gasteiger partial charge in [-0.2, -0.15) is 0 Å². The first-order chi connectivity index (χ1) is 16.7. The van der Waals surface area contributed by atoms with Gasteiger partial charge in [-0.15, -0.1) is 0 Å². The summed E-state index contributed by atoms with van der Waals surface area (Å²) in [5.41, 5.74) is 6.84. The predicted molar refractivity (Wildman–Crippen MR) is 138 cm³/mol. The second kappa shape index (κ2) is 9.79. The van der Waals surface area contributed by atoms with E-state index in [0.29, 0.717) is 0 Å². The van der Waals surface area contributed by atoms with E-state index in [9.17, 15) is 0 Å². The third-order valence-corrected chi connectivity index (χ3v) is 6.18. The molecular weight excluding hydrogens is 422 g/mol. The summed E-state index contributed by atoms with van der Waals surface area (Å²) in [6.07, 6.45) is 19.1. The molecule has 2 unspecified atom stereocenters. The number of methoxy groups -OCH3 is 2. The van der Waals surface area contributed by atoms with Crippen molar-refractivity contribution in [3.63, 3.8) is 0 Å². The van der Waals surface area contributed by atoms with Crippen molar-refractivity contribution in [2.24, 2.45) is 0 Å². The van der Waals surface area contributed by atoms with E-state index in [2.05, 4.69) is 82.7 Å². The van der Waals surface area contributed by atoms with Crippen LogP contribution in [0.5, 0.6) is 11.5 Å². The molecule has 0 saturated heterocycles. The normalized spacial score (nSPS) is 20.8. The van der Waals surface area contributed by atoms with Crippen LogP contribution in [-0.4, -0.2) is 32.8 Å². The molecule has 5 nitrogen and oxygen atoms in total. The third-order valence-electron chi connectivity index (χ3n) is 6.18. The number of ether oxygens (including phenoxy) is 2. The van der Waals surface area contributed by atoms with E-state index in [4.69, 9.17) is 9.47 Å². The van der Waals surface area contributed by atoms with Gasteiger partial charge < -0.3 is 25.4 Å². The molecule has 172 valence electrons. The molecule has 3 aliphatic rings. The van der Waals surface area contributed by atoms with Gasteiger partial charge in [-0.1, -0.05) is 48.6 Å². The summed E-state index contributed by atoms with van der Waals surface area (Å²) in [5, 5.41) is 10.6. The van der Waals surface area contributed by atoms with Crippen LogP contribution >= 0.6 is 0 Å². The quantitative estimate of drug-likeness (QED) is 0.595. The lowest BCUT2D eigenvalue weighted by Crippen LogP contribution is -2.43. The maximum Gasteiger partial charge on any atom is 0.123 e. The fourth-order valence-corrected chi connectivity index (χ4v) is 4.34. The summed E-state index contributed by atoms with van der Waals surface area (Å²) in [7, 11) is 3.34. The highest BCUT2D eigenvalue weighted by Crippen LogP contribution is 2.32. The van der Waals surface area contributed by atoms with Crippen LogP contribution < -0.4 is 25.4 Å². The lowest BCUT2D eigenvalue weighted by Gasteiger charge is -2.31. The standard InChI is InChI=1S/C29H29N3O2/c1-33-24-15-22(16-25(19-24)34-2)20-9-11-21(12-10-20)23-17-28(26-7-3-5-13-30-26)32-29(18-23)27-8-4-6-14-31-27/h3-13,15-19,26,29-32H,14H2,1-2H3. The Morgan fingerprint density at radius 3 is 2.21 bits per heavy atom. The maximum absolute atomic E-state index is 5.44. The van der Waals surface area contributed by atoms with E-state index >= 15 is 0 Å². The number of rotatable bonds is 6. The van der Waals surface area contributed by atoms with Crippen molar-refractivity contribution in [3.8, 4) is 22.6 Å². The number of hydrogen-bond donors (Lipinski definition) is 3. The van der Waals surface area contributed by atoms with Crippen molar-refractivity contribution in [3.05, 3.63) is 114 Å². The van der Waals surface area contributed by atoms with Gasteiger partial charge >= 0.3 is 0 Å². The van der Waals surface area contributed by atoms with Gasteiger partial charge in [-0.25, -0.2) is 0 Å². The summed E-state index contributed by atoms with van der Waals surface area (Å²) in [6, 6.07) is 14.8. The summed E-state index contributed by atoms with van der Waals surface area (Å²) in [4.78, 5) is 0. The smallest absolute Gasteiger partial charge is 0.123 e. The van der Waals surface area contributed by atoms with E-state index < -0.39 is 0 Å². The zero-order valence-corrected chi connectivity index (χ0v) is 19.4. The van der Waals surface area contributed by atoms with E-state index in [1.165, 1.54) is 16.8 Å². The molecule has 5 rings (SSSR count). The van der Waals surface area contributed by atoms with Gasteiger partial charge in [0.05, 0.1) is 26.3 Å². The van der Waals surface area contributed by atoms with Crippen LogP contribution in [0.1, 0.15) is 5.56 Å². The molecule has 0 spiro atoms. The van der Waals surface area contributed by atoms with E-state index in [-0.39, 0.29) is 12.1 Å². The summed E-state index contributed by atoms with van der Waals surface area (Å²) < 4.78 is 10.9. The molecule has 2 aromatic carbocycles. The summed E-state index contributed by atoms with van der Waals surface area (Å²) in [5.74, 6) is 1.55. The second-order valence-electron chi connectivity index (χ2n) is 8.34. The Morgan fingerprint density at radius 1 is 0.794 bits per heavy atom. The summed E-state index contributed by atoms with van der Waals surface area (Å²) in [6.45, 7) is 0.843.